The zero-order valence-corrected chi connectivity index (χ0v) is 27.3. The number of rotatable bonds is 12. The number of nitrogens with zero attached hydrogens (tertiary/aromatic N) is 4. The molecule has 2 fully saturated rings. The van der Waals surface area contributed by atoms with E-state index in [1.165, 1.54) is 0 Å². The number of carbonyl (C=O) groups excluding carboxylic acids is 4. The van der Waals surface area contributed by atoms with E-state index in [0.29, 0.717) is 49.4 Å². The average Bonchev–Trinajstić information content (AvgIpc) is 3.78. The smallest absolute Gasteiger partial charge is 0.264 e. The molecule has 0 bridgehead atoms. The lowest BCUT2D eigenvalue weighted by Gasteiger charge is -2.28. The van der Waals surface area contributed by atoms with Crippen LogP contribution in [0, 0.1) is 5.92 Å². The van der Waals surface area contributed by atoms with E-state index < -0.39 is 17.4 Å². The number of amides is 4. The second-order valence-corrected chi connectivity index (χ2v) is 12.8. The SMILES string of the molecule is C[C@@H](/C=C/CC(=O)N(CCO)Cc1ccccc1)[C@]1(O)C(=O)N(Cc2cccc(N3CCCC3=O)c2)c2ccc(N3CCCC3=O)cc21. The molecule has 3 aromatic rings. The molecule has 10 nitrogen and oxygen atoms in total. The van der Waals surface area contributed by atoms with Gasteiger partial charge in [0.15, 0.2) is 5.60 Å². The van der Waals surface area contributed by atoms with Gasteiger partial charge in [-0.05, 0) is 54.3 Å². The van der Waals surface area contributed by atoms with Gasteiger partial charge in [-0.2, -0.15) is 0 Å². The van der Waals surface area contributed by atoms with E-state index in [2.05, 4.69) is 0 Å². The molecule has 250 valence electrons. The fourth-order valence-corrected chi connectivity index (χ4v) is 6.97. The van der Waals surface area contributed by atoms with Gasteiger partial charge in [-0.3, -0.25) is 19.2 Å². The van der Waals surface area contributed by atoms with E-state index in [9.17, 15) is 29.4 Å². The van der Waals surface area contributed by atoms with Gasteiger partial charge < -0.3 is 29.8 Å². The summed E-state index contributed by atoms with van der Waals surface area (Å²) in [4.78, 5) is 59.1. The summed E-state index contributed by atoms with van der Waals surface area (Å²) >= 11 is 0. The van der Waals surface area contributed by atoms with Crippen LogP contribution in [0.25, 0.3) is 0 Å². The van der Waals surface area contributed by atoms with Crippen LogP contribution in [0.4, 0.5) is 17.1 Å². The molecule has 0 radical (unpaired) electrons. The van der Waals surface area contributed by atoms with Crippen molar-refractivity contribution < 1.29 is 29.4 Å². The summed E-state index contributed by atoms with van der Waals surface area (Å²) in [5.74, 6) is -1.33. The van der Waals surface area contributed by atoms with Crippen LogP contribution in [-0.4, -0.2) is 65.0 Å². The van der Waals surface area contributed by atoms with Crippen molar-refractivity contribution in [2.24, 2.45) is 5.92 Å². The topological polar surface area (TPSA) is 122 Å². The summed E-state index contributed by atoms with van der Waals surface area (Å²) in [5.41, 5.74) is 2.17. The molecule has 3 aliphatic rings. The highest BCUT2D eigenvalue weighted by Gasteiger charge is 2.53. The van der Waals surface area contributed by atoms with Crippen molar-refractivity contribution in [3.63, 3.8) is 0 Å². The van der Waals surface area contributed by atoms with E-state index in [1.807, 2.05) is 60.7 Å². The monoisotopic (exact) mass is 650 g/mol. The number of carbonyl (C=O) groups is 4. The molecule has 0 unspecified atom stereocenters. The fraction of sp³-hybridized carbons (Fsp3) is 0.368. The minimum atomic E-state index is -1.95. The molecule has 2 atom stereocenters. The molecule has 2 N–H and O–H groups in total. The zero-order chi connectivity index (χ0) is 33.8. The highest BCUT2D eigenvalue weighted by molar-refractivity contribution is 6.08. The summed E-state index contributed by atoms with van der Waals surface area (Å²) in [6.07, 6.45) is 5.90. The first-order chi connectivity index (χ1) is 23.2. The van der Waals surface area contributed by atoms with Gasteiger partial charge in [0.25, 0.3) is 5.91 Å². The van der Waals surface area contributed by atoms with Gasteiger partial charge >= 0.3 is 0 Å². The second-order valence-electron chi connectivity index (χ2n) is 12.8. The standard InChI is InChI=1S/C38H42N4O6/c1-27(9-5-14-34(44)39(21-22-43)25-28-10-3-2-4-11-28)38(48)32-24-31(41-20-8-16-36(41)46)17-18-33(32)42(37(38)47)26-29-12-6-13-30(23-29)40-19-7-15-35(40)45/h2-6,9-13,17-18,23-24,27,43,48H,7-8,14-16,19-22,25-26H2,1H3/b9-5+/t27-,38+/m0/s1. The van der Waals surface area contributed by atoms with Crippen molar-refractivity contribution in [1.82, 2.24) is 4.90 Å². The van der Waals surface area contributed by atoms with Gasteiger partial charge in [0, 0.05) is 68.3 Å². The Bertz CT molecular complexity index is 1730. The van der Waals surface area contributed by atoms with Gasteiger partial charge in [-0.1, -0.05) is 61.5 Å². The number of aliphatic hydroxyl groups is 2. The highest BCUT2D eigenvalue weighted by Crippen LogP contribution is 2.47. The average molecular weight is 651 g/mol. The molecule has 3 aromatic carbocycles. The Balaban J connectivity index is 1.26. The minimum absolute atomic E-state index is 0.00216. The van der Waals surface area contributed by atoms with Crippen LogP contribution in [0.15, 0.2) is 84.9 Å². The van der Waals surface area contributed by atoms with Crippen LogP contribution >= 0.6 is 0 Å². The Morgan fingerprint density at radius 2 is 1.56 bits per heavy atom. The molecule has 10 heteroatoms. The van der Waals surface area contributed by atoms with Crippen LogP contribution < -0.4 is 14.7 Å². The fourth-order valence-electron chi connectivity index (χ4n) is 6.97. The Morgan fingerprint density at radius 3 is 2.21 bits per heavy atom. The van der Waals surface area contributed by atoms with Gasteiger partial charge in [-0.15, -0.1) is 0 Å². The first-order valence-electron chi connectivity index (χ1n) is 16.7. The predicted octanol–water partition coefficient (Wildman–Crippen LogP) is 4.28. The van der Waals surface area contributed by atoms with Crippen molar-refractivity contribution in [1.29, 1.82) is 0 Å². The number of aliphatic hydroxyl groups excluding tert-OH is 1. The number of anilines is 3. The summed E-state index contributed by atoms with van der Waals surface area (Å²) in [6.45, 7) is 3.53. The first kappa shape index (κ1) is 33.1. The van der Waals surface area contributed by atoms with Crippen molar-refractivity contribution in [3.05, 3.63) is 102 Å². The quantitative estimate of drug-likeness (QED) is 0.283. The maximum absolute atomic E-state index is 14.3. The van der Waals surface area contributed by atoms with E-state index >= 15 is 0 Å². The van der Waals surface area contributed by atoms with Gasteiger partial charge in [0.05, 0.1) is 18.8 Å². The van der Waals surface area contributed by atoms with Crippen molar-refractivity contribution in [3.8, 4) is 0 Å². The second kappa shape index (κ2) is 14.1. The molecule has 3 heterocycles. The Hall–Kier alpha value is -4.80. The Kier molecular flexibility index (Phi) is 9.75. The van der Waals surface area contributed by atoms with Crippen LogP contribution in [0.5, 0.6) is 0 Å². The maximum atomic E-state index is 14.3. The Labute approximate surface area is 280 Å². The Morgan fingerprint density at radius 1 is 0.896 bits per heavy atom. The summed E-state index contributed by atoms with van der Waals surface area (Å²) in [5, 5.41) is 21.9. The third kappa shape index (κ3) is 6.50. The van der Waals surface area contributed by atoms with Crippen LogP contribution in [0.2, 0.25) is 0 Å². The van der Waals surface area contributed by atoms with E-state index in [-0.39, 0.29) is 43.8 Å². The molecular weight excluding hydrogens is 608 g/mol. The molecule has 48 heavy (non-hydrogen) atoms. The van der Waals surface area contributed by atoms with Crippen molar-refractivity contribution in [2.45, 2.75) is 57.7 Å². The highest BCUT2D eigenvalue weighted by atomic mass is 16.3. The zero-order valence-electron chi connectivity index (χ0n) is 27.3. The molecule has 4 amide bonds. The third-order valence-electron chi connectivity index (χ3n) is 9.59. The number of fused-ring (bicyclic) bond motifs is 1. The normalized spacial score (nSPS) is 19.9. The van der Waals surface area contributed by atoms with Gasteiger partial charge in [0.1, 0.15) is 0 Å². The lowest BCUT2D eigenvalue weighted by atomic mass is 9.82. The van der Waals surface area contributed by atoms with Crippen molar-refractivity contribution in [2.75, 3.05) is 40.9 Å². The molecule has 0 aliphatic carbocycles. The molecule has 0 saturated carbocycles. The van der Waals surface area contributed by atoms with Gasteiger partial charge in [-0.25, -0.2) is 0 Å². The number of hydrogen-bond acceptors (Lipinski definition) is 6. The van der Waals surface area contributed by atoms with Crippen LogP contribution in [-0.2, 0) is 37.9 Å². The summed E-state index contributed by atoms with van der Waals surface area (Å²) < 4.78 is 0. The summed E-state index contributed by atoms with van der Waals surface area (Å²) in [6, 6.07) is 22.5. The van der Waals surface area contributed by atoms with Crippen molar-refractivity contribution >= 4 is 40.7 Å². The maximum Gasteiger partial charge on any atom is 0.264 e. The lowest BCUT2D eigenvalue weighted by Crippen LogP contribution is -2.44. The lowest BCUT2D eigenvalue weighted by molar-refractivity contribution is -0.139. The molecular formula is C38H42N4O6. The number of benzene rings is 3. The first-order valence-corrected chi connectivity index (χ1v) is 16.7. The van der Waals surface area contributed by atoms with E-state index in [0.717, 1.165) is 29.7 Å². The van der Waals surface area contributed by atoms with Crippen LogP contribution in [0.3, 0.4) is 0 Å². The molecule has 0 aromatic heterocycles. The molecule has 6 rings (SSSR count). The largest absolute Gasteiger partial charge is 0.395 e. The summed E-state index contributed by atoms with van der Waals surface area (Å²) in [7, 11) is 0. The van der Waals surface area contributed by atoms with Crippen LogP contribution in [0.1, 0.15) is 55.7 Å². The van der Waals surface area contributed by atoms with E-state index in [4.69, 9.17) is 0 Å². The molecule has 0 spiro atoms. The van der Waals surface area contributed by atoms with E-state index in [1.54, 1.807) is 50.8 Å². The number of hydrogen-bond donors (Lipinski definition) is 2. The molecule has 2 saturated heterocycles. The molecule has 3 aliphatic heterocycles. The van der Waals surface area contributed by atoms with Gasteiger partial charge in [0.2, 0.25) is 17.7 Å². The minimum Gasteiger partial charge on any atom is -0.395 e. The predicted molar refractivity (Wildman–Crippen MR) is 183 cm³/mol. The third-order valence-corrected chi connectivity index (χ3v) is 9.59.